The highest BCUT2D eigenvalue weighted by molar-refractivity contribution is 7.15. The van der Waals surface area contributed by atoms with Crippen LogP contribution in [0.4, 0.5) is 9.93 Å². The first-order chi connectivity index (χ1) is 6.58. The van der Waals surface area contributed by atoms with E-state index in [4.69, 9.17) is 5.11 Å². The van der Waals surface area contributed by atoms with Crippen molar-refractivity contribution in [3.63, 3.8) is 0 Å². The number of aryl methyl sites for hydroxylation is 1. The summed E-state index contributed by atoms with van der Waals surface area (Å²) in [5.74, 6) is 0. The van der Waals surface area contributed by atoms with Gasteiger partial charge in [-0.1, -0.05) is 11.3 Å². The summed E-state index contributed by atoms with van der Waals surface area (Å²) in [5, 5.41) is 22.6. The van der Waals surface area contributed by atoms with Crippen molar-refractivity contribution in [1.82, 2.24) is 15.5 Å². The van der Waals surface area contributed by atoms with Gasteiger partial charge in [0, 0.05) is 6.54 Å². The molecule has 0 aliphatic carbocycles. The minimum atomic E-state index is -0.558. The molecule has 0 aliphatic heterocycles. The lowest BCUT2D eigenvalue weighted by Gasteiger charge is -2.06. The smallest absolute Gasteiger partial charge is 0.321 e. The van der Waals surface area contributed by atoms with Gasteiger partial charge in [-0.25, -0.2) is 4.79 Å². The van der Waals surface area contributed by atoms with Crippen LogP contribution in [0.3, 0.4) is 0 Å². The van der Waals surface area contributed by atoms with Gasteiger partial charge in [-0.15, -0.1) is 10.2 Å². The third kappa shape index (κ3) is 3.67. The Hall–Kier alpha value is -1.21. The topological polar surface area (TPSA) is 87.1 Å². The first-order valence-electron chi connectivity index (χ1n) is 4.11. The Kier molecular flexibility index (Phi) is 3.78. The zero-order valence-electron chi connectivity index (χ0n) is 7.94. The summed E-state index contributed by atoms with van der Waals surface area (Å²) >= 11 is 1.29. The fraction of sp³-hybridized carbons (Fsp3) is 0.571. The van der Waals surface area contributed by atoms with Crippen molar-refractivity contribution in [2.24, 2.45) is 0 Å². The number of amides is 2. The van der Waals surface area contributed by atoms with Gasteiger partial charge in [0.2, 0.25) is 5.13 Å². The van der Waals surface area contributed by atoms with Gasteiger partial charge in [-0.2, -0.15) is 0 Å². The molecule has 0 spiro atoms. The van der Waals surface area contributed by atoms with Crippen molar-refractivity contribution in [3.05, 3.63) is 5.01 Å². The molecule has 0 unspecified atom stereocenters. The number of nitrogens with one attached hydrogen (secondary N) is 2. The van der Waals surface area contributed by atoms with Crippen LogP contribution in [0.25, 0.3) is 0 Å². The van der Waals surface area contributed by atoms with E-state index >= 15 is 0 Å². The van der Waals surface area contributed by atoms with Crippen LogP contribution in [0.1, 0.15) is 11.9 Å². The number of aliphatic hydroxyl groups excluding tert-OH is 1. The van der Waals surface area contributed by atoms with Crippen LogP contribution in [-0.2, 0) is 0 Å². The predicted molar refractivity (Wildman–Crippen MR) is 53.3 cm³/mol. The van der Waals surface area contributed by atoms with Crippen LogP contribution < -0.4 is 10.6 Å². The zero-order chi connectivity index (χ0) is 10.6. The van der Waals surface area contributed by atoms with E-state index in [1.165, 1.54) is 11.3 Å². The van der Waals surface area contributed by atoms with Crippen molar-refractivity contribution in [1.29, 1.82) is 0 Å². The number of carbonyl (C=O) groups excluding carboxylic acids is 1. The van der Waals surface area contributed by atoms with Gasteiger partial charge in [0.1, 0.15) is 5.01 Å². The molecule has 3 N–H and O–H groups in total. The van der Waals surface area contributed by atoms with Gasteiger partial charge < -0.3 is 10.4 Å². The molecule has 14 heavy (non-hydrogen) atoms. The lowest BCUT2D eigenvalue weighted by molar-refractivity contribution is 0.190. The molecule has 1 heterocycles. The van der Waals surface area contributed by atoms with Crippen LogP contribution in [0, 0.1) is 6.92 Å². The number of rotatable bonds is 3. The molecule has 1 atom stereocenters. The maximum atomic E-state index is 11.1. The number of aliphatic hydroxyl groups is 1. The molecule has 7 heteroatoms. The highest BCUT2D eigenvalue weighted by Crippen LogP contribution is 2.12. The number of urea groups is 1. The monoisotopic (exact) mass is 216 g/mol. The molecule has 0 bridgehead atoms. The van der Waals surface area contributed by atoms with Crippen LogP contribution in [-0.4, -0.2) is 34.0 Å². The number of hydrogen-bond acceptors (Lipinski definition) is 5. The number of nitrogens with zero attached hydrogens (tertiary/aromatic N) is 2. The lowest BCUT2D eigenvalue weighted by Crippen LogP contribution is -2.34. The van der Waals surface area contributed by atoms with E-state index in [1.54, 1.807) is 13.8 Å². The summed E-state index contributed by atoms with van der Waals surface area (Å²) in [6.07, 6.45) is -0.558. The Morgan fingerprint density at radius 2 is 2.36 bits per heavy atom. The maximum absolute atomic E-state index is 11.1. The second-order valence-electron chi connectivity index (χ2n) is 2.81. The Balaban J connectivity index is 2.34. The molecular weight excluding hydrogens is 204 g/mol. The van der Waals surface area contributed by atoms with Gasteiger partial charge in [0.15, 0.2) is 0 Å². The van der Waals surface area contributed by atoms with Crippen molar-refractivity contribution in [3.8, 4) is 0 Å². The minimum Gasteiger partial charge on any atom is -0.392 e. The van der Waals surface area contributed by atoms with Gasteiger partial charge in [-0.05, 0) is 13.8 Å². The third-order valence-corrected chi connectivity index (χ3v) is 2.06. The maximum Gasteiger partial charge on any atom is 0.321 e. The molecule has 78 valence electrons. The van der Waals surface area contributed by atoms with E-state index < -0.39 is 6.10 Å². The quantitative estimate of drug-likeness (QED) is 0.680. The van der Waals surface area contributed by atoms with E-state index in [-0.39, 0.29) is 12.6 Å². The Labute approximate surface area is 85.4 Å². The van der Waals surface area contributed by atoms with Crippen LogP contribution in [0.5, 0.6) is 0 Å². The standard InChI is InChI=1S/C7H12N4O2S/c1-4(12)3-8-6(13)9-7-11-10-5(2)14-7/h4,12H,3H2,1-2H3,(H2,8,9,11,13)/t4-/m0/s1. The number of carbonyl (C=O) groups is 1. The van der Waals surface area contributed by atoms with E-state index in [0.29, 0.717) is 5.13 Å². The molecular formula is C7H12N4O2S. The highest BCUT2D eigenvalue weighted by atomic mass is 32.1. The molecule has 0 aromatic carbocycles. The van der Waals surface area contributed by atoms with Gasteiger partial charge >= 0.3 is 6.03 Å². The number of hydrogen-bond donors (Lipinski definition) is 3. The van der Waals surface area contributed by atoms with Crippen LogP contribution >= 0.6 is 11.3 Å². The Bertz CT molecular complexity index is 312. The third-order valence-electron chi connectivity index (χ3n) is 1.30. The zero-order valence-corrected chi connectivity index (χ0v) is 8.76. The second-order valence-corrected chi connectivity index (χ2v) is 3.99. The predicted octanol–water partition coefficient (Wildman–Crippen LogP) is 0.349. The first-order valence-corrected chi connectivity index (χ1v) is 4.92. The van der Waals surface area contributed by atoms with Crippen molar-refractivity contribution in [2.75, 3.05) is 11.9 Å². The molecule has 2 amide bonds. The summed E-state index contributed by atoms with van der Waals surface area (Å²) in [6, 6.07) is -0.387. The molecule has 0 fully saturated rings. The summed E-state index contributed by atoms with van der Waals surface area (Å²) in [4.78, 5) is 11.1. The van der Waals surface area contributed by atoms with E-state index in [2.05, 4.69) is 20.8 Å². The summed E-state index contributed by atoms with van der Waals surface area (Å²) in [6.45, 7) is 3.61. The van der Waals surface area contributed by atoms with Crippen molar-refractivity contribution in [2.45, 2.75) is 20.0 Å². The van der Waals surface area contributed by atoms with E-state index in [0.717, 1.165) is 5.01 Å². The normalized spacial score (nSPS) is 12.2. The molecule has 0 saturated carbocycles. The Morgan fingerprint density at radius 1 is 1.64 bits per heavy atom. The van der Waals surface area contributed by atoms with E-state index in [9.17, 15) is 4.79 Å². The van der Waals surface area contributed by atoms with Gasteiger partial charge in [-0.3, -0.25) is 5.32 Å². The molecule has 0 saturated heterocycles. The fourth-order valence-corrected chi connectivity index (χ4v) is 1.32. The summed E-state index contributed by atoms with van der Waals surface area (Å²) in [5.41, 5.74) is 0. The van der Waals surface area contributed by atoms with Crippen LogP contribution in [0.2, 0.25) is 0 Å². The molecule has 0 aliphatic rings. The fourth-order valence-electron chi connectivity index (χ4n) is 0.729. The average Bonchev–Trinajstić information content (AvgIpc) is 2.48. The molecule has 1 rings (SSSR count). The second kappa shape index (κ2) is 4.87. The average molecular weight is 216 g/mol. The summed E-state index contributed by atoms with van der Waals surface area (Å²) < 4.78 is 0. The van der Waals surface area contributed by atoms with E-state index in [1.807, 2.05) is 0 Å². The highest BCUT2D eigenvalue weighted by Gasteiger charge is 2.05. The largest absolute Gasteiger partial charge is 0.392 e. The number of anilines is 1. The molecule has 1 aromatic rings. The molecule has 0 radical (unpaired) electrons. The van der Waals surface area contributed by atoms with Gasteiger partial charge in [0.25, 0.3) is 0 Å². The first kappa shape index (κ1) is 10.9. The lowest BCUT2D eigenvalue weighted by atomic mass is 10.4. The Morgan fingerprint density at radius 3 is 2.86 bits per heavy atom. The van der Waals surface area contributed by atoms with Gasteiger partial charge in [0.05, 0.1) is 6.10 Å². The van der Waals surface area contributed by atoms with Crippen molar-refractivity contribution >= 4 is 22.5 Å². The number of aromatic nitrogens is 2. The summed E-state index contributed by atoms with van der Waals surface area (Å²) in [7, 11) is 0. The molecule has 1 aromatic heterocycles. The minimum absolute atomic E-state index is 0.212. The molecule has 6 nitrogen and oxygen atoms in total. The van der Waals surface area contributed by atoms with Crippen LogP contribution in [0.15, 0.2) is 0 Å². The van der Waals surface area contributed by atoms with Crippen molar-refractivity contribution < 1.29 is 9.90 Å². The SMILES string of the molecule is Cc1nnc(NC(=O)NC[C@H](C)O)s1.